The second-order valence-corrected chi connectivity index (χ2v) is 10.5. The third-order valence-corrected chi connectivity index (χ3v) is 8.59. The van der Waals surface area contributed by atoms with Gasteiger partial charge < -0.3 is 4.90 Å². The van der Waals surface area contributed by atoms with E-state index in [4.69, 9.17) is 11.6 Å². The zero-order chi connectivity index (χ0) is 19.1. The van der Waals surface area contributed by atoms with Crippen LogP contribution in [0.4, 0.5) is 0 Å². The molecule has 1 aliphatic heterocycles. The Bertz CT molecular complexity index is 914. The molecule has 1 saturated heterocycles. The zero-order valence-corrected chi connectivity index (χ0v) is 17.1. The molecule has 4 rings (SSSR count). The van der Waals surface area contributed by atoms with Gasteiger partial charge in [0.25, 0.3) is 0 Å². The number of nitrogens with zero attached hydrogens (tertiary/aromatic N) is 1. The number of sulfonamides is 1. The number of likely N-dealkylation sites (tertiary alicyclic amines) is 1. The first-order valence-corrected chi connectivity index (χ1v) is 11.8. The van der Waals surface area contributed by atoms with Crippen molar-refractivity contribution in [3.63, 3.8) is 0 Å². The van der Waals surface area contributed by atoms with Crippen molar-refractivity contribution >= 4 is 38.9 Å². The SMILES string of the molecule is O=C(N1CCC(NS(=O)(=O)c2cccs2)CC1)C1(c2ccc(Cl)cc2)CC1. The lowest BCUT2D eigenvalue weighted by molar-refractivity contribution is -0.135. The average Bonchev–Trinajstić information content (AvgIpc) is 3.26. The minimum Gasteiger partial charge on any atom is -0.342 e. The number of carbonyl (C=O) groups excluding carboxylic acids is 1. The van der Waals surface area contributed by atoms with Gasteiger partial charge >= 0.3 is 0 Å². The summed E-state index contributed by atoms with van der Waals surface area (Å²) in [7, 11) is -3.46. The van der Waals surface area contributed by atoms with Gasteiger partial charge in [-0.1, -0.05) is 29.8 Å². The van der Waals surface area contributed by atoms with Crippen LogP contribution in [0.3, 0.4) is 0 Å². The number of halogens is 1. The minimum absolute atomic E-state index is 0.133. The van der Waals surface area contributed by atoms with Crippen LogP contribution in [0.1, 0.15) is 31.2 Å². The van der Waals surface area contributed by atoms with E-state index >= 15 is 0 Å². The Balaban J connectivity index is 1.38. The molecule has 0 spiro atoms. The van der Waals surface area contributed by atoms with Crippen molar-refractivity contribution in [3.8, 4) is 0 Å². The summed E-state index contributed by atoms with van der Waals surface area (Å²) >= 11 is 7.18. The highest BCUT2D eigenvalue weighted by Gasteiger charge is 2.53. The molecule has 2 fully saturated rings. The number of hydrogen-bond donors (Lipinski definition) is 1. The molecular formula is C19H21ClN2O3S2. The highest BCUT2D eigenvalue weighted by molar-refractivity contribution is 7.91. The molecule has 27 heavy (non-hydrogen) atoms. The molecule has 1 saturated carbocycles. The number of hydrogen-bond acceptors (Lipinski definition) is 4. The minimum atomic E-state index is -3.46. The summed E-state index contributed by atoms with van der Waals surface area (Å²) < 4.78 is 27.8. The summed E-state index contributed by atoms with van der Waals surface area (Å²) in [5, 5.41) is 2.42. The summed E-state index contributed by atoms with van der Waals surface area (Å²) in [5.41, 5.74) is 0.617. The van der Waals surface area contributed by atoms with E-state index in [0.717, 1.165) is 18.4 Å². The maximum absolute atomic E-state index is 13.1. The van der Waals surface area contributed by atoms with Crippen LogP contribution in [0.5, 0.6) is 0 Å². The number of thiophene rings is 1. The lowest BCUT2D eigenvalue weighted by Gasteiger charge is -2.34. The van der Waals surface area contributed by atoms with Gasteiger partial charge in [0, 0.05) is 24.2 Å². The Hall–Kier alpha value is -1.41. The van der Waals surface area contributed by atoms with E-state index in [1.807, 2.05) is 29.2 Å². The van der Waals surface area contributed by atoms with E-state index < -0.39 is 15.4 Å². The van der Waals surface area contributed by atoms with Gasteiger partial charge in [0.05, 0.1) is 5.41 Å². The van der Waals surface area contributed by atoms with E-state index in [1.165, 1.54) is 11.3 Å². The lowest BCUT2D eigenvalue weighted by atomic mass is 9.93. The van der Waals surface area contributed by atoms with Crippen molar-refractivity contribution in [2.75, 3.05) is 13.1 Å². The van der Waals surface area contributed by atoms with Crippen LogP contribution in [-0.4, -0.2) is 38.4 Å². The van der Waals surface area contributed by atoms with Gasteiger partial charge in [0.15, 0.2) is 0 Å². The smallest absolute Gasteiger partial charge is 0.250 e. The fraction of sp³-hybridized carbons (Fsp3) is 0.421. The van der Waals surface area contributed by atoms with Gasteiger partial charge in [0.2, 0.25) is 15.9 Å². The molecule has 0 radical (unpaired) electrons. The van der Waals surface area contributed by atoms with Crippen LogP contribution in [0.15, 0.2) is 46.0 Å². The first kappa shape index (κ1) is 18.9. The fourth-order valence-corrected chi connectivity index (χ4v) is 6.16. The third kappa shape index (κ3) is 3.78. The predicted octanol–water partition coefficient (Wildman–Crippen LogP) is 3.40. The maximum Gasteiger partial charge on any atom is 0.250 e. The van der Waals surface area contributed by atoms with Crippen molar-refractivity contribution < 1.29 is 13.2 Å². The molecule has 2 aromatic rings. The van der Waals surface area contributed by atoms with Crippen LogP contribution in [0.2, 0.25) is 5.02 Å². The van der Waals surface area contributed by atoms with Gasteiger partial charge in [-0.05, 0) is 54.8 Å². The number of rotatable bonds is 5. The van der Waals surface area contributed by atoms with E-state index in [2.05, 4.69) is 4.72 Å². The van der Waals surface area contributed by atoms with Crippen LogP contribution >= 0.6 is 22.9 Å². The molecule has 1 aromatic carbocycles. The molecule has 1 amide bonds. The fourth-order valence-electron chi connectivity index (χ4n) is 3.72. The first-order valence-electron chi connectivity index (χ1n) is 9.02. The molecule has 5 nitrogen and oxygen atoms in total. The quantitative estimate of drug-likeness (QED) is 0.799. The van der Waals surface area contributed by atoms with Gasteiger partial charge in [-0.2, -0.15) is 0 Å². The van der Waals surface area contributed by atoms with Crippen molar-refractivity contribution in [1.29, 1.82) is 0 Å². The lowest BCUT2D eigenvalue weighted by Crippen LogP contribution is -2.49. The average molecular weight is 425 g/mol. The summed E-state index contributed by atoms with van der Waals surface area (Å²) in [6.45, 7) is 1.15. The molecule has 8 heteroatoms. The zero-order valence-electron chi connectivity index (χ0n) is 14.7. The molecule has 0 bridgehead atoms. The highest BCUT2D eigenvalue weighted by atomic mass is 35.5. The molecule has 0 atom stereocenters. The van der Waals surface area contributed by atoms with E-state index in [-0.39, 0.29) is 11.9 Å². The van der Waals surface area contributed by atoms with Crippen LogP contribution in [0, 0.1) is 0 Å². The molecule has 0 unspecified atom stereocenters. The Morgan fingerprint density at radius 3 is 2.37 bits per heavy atom. The number of carbonyl (C=O) groups is 1. The number of amides is 1. The Morgan fingerprint density at radius 1 is 1.15 bits per heavy atom. The molecule has 2 aliphatic rings. The number of piperidine rings is 1. The summed E-state index contributed by atoms with van der Waals surface area (Å²) in [4.78, 5) is 15.0. The first-order chi connectivity index (χ1) is 12.9. The Morgan fingerprint density at radius 2 is 1.81 bits per heavy atom. The van der Waals surface area contributed by atoms with Gasteiger partial charge in [0.1, 0.15) is 4.21 Å². The van der Waals surface area contributed by atoms with Crippen LogP contribution < -0.4 is 4.72 Å². The molecule has 2 heterocycles. The second-order valence-electron chi connectivity index (χ2n) is 7.21. The van der Waals surface area contributed by atoms with Gasteiger partial charge in [-0.25, -0.2) is 13.1 Å². The number of benzene rings is 1. The largest absolute Gasteiger partial charge is 0.342 e. The predicted molar refractivity (Wildman–Crippen MR) is 107 cm³/mol. The van der Waals surface area contributed by atoms with E-state index in [0.29, 0.717) is 35.2 Å². The molecule has 1 aliphatic carbocycles. The van der Waals surface area contributed by atoms with Crippen LogP contribution in [-0.2, 0) is 20.2 Å². The normalized spacial score (nSPS) is 19.8. The van der Waals surface area contributed by atoms with Crippen molar-refractivity contribution in [2.45, 2.75) is 41.3 Å². The summed E-state index contributed by atoms with van der Waals surface area (Å²) in [6.07, 6.45) is 2.98. The van der Waals surface area contributed by atoms with E-state index in [1.54, 1.807) is 17.5 Å². The Labute approximate surface area is 168 Å². The molecule has 1 aromatic heterocycles. The van der Waals surface area contributed by atoms with Crippen molar-refractivity contribution in [2.24, 2.45) is 0 Å². The molecule has 144 valence electrons. The van der Waals surface area contributed by atoms with Crippen LogP contribution in [0.25, 0.3) is 0 Å². The van der Waals surface area contributed by atoms with Gasteiger partial charge in [-0.3, -0.25) is 4.79 Å². The highest BCUT2D eigenvalue weighted by Crippen LogP contribution is 2.50. The third-order valence-electron chi connectivity index (χ3n) is 5.42. The maximum atomic E-state index is 13.1. The standard InChI is InChI=1S/C19H21ClN2O3S2/c20-15-5-3-14(4-6-15)19(9-10-19)18(23)22-11-7-16(8-12-22)21-27(24,25)17-2-1-13-26-17/h1-6,13,16,21H,7-12H2. The van der Waals surface area contributed by atoms with Crippen molar-refractivity contribution in [1.82, 2.24) is 9.62 Å². The van der Waals surface area contributed by atoms with E-state index in [9.17, 15) is 13.2 Å². The monoisotopic (exact) mass is 424 g/mol. The second kappa shape index (κ2) is 7.20. The summed E-state index contributed by atoms with van der Waals surface area (Å²) in [5.74, 6) is 0.157. The van der Waals surface area contributed by atoms with Crippen molar-refractivity contribution in [3.05, 3.63) is 52.4 Å². The topological polar surface area (TPSA) is 66.5 Å². The summed E-state index contributed by atoms with van der Waals surface area (Å²) in [6, 6.07) is 10.7. The Kier molecular flexibility index (Phi) is 5.05. The number of nitrogens with one attached hydrogen (secondary N) is 1. The molecular weight excluding hydrogens is 404 g/mol. The molecule has 1 N–H and O–H groups in total. The van der Waals surface area contributed by atoms with Gasteiger partial charge in [-0.15, -0.1) is 11.3 Å².